The van der Waals surface area contributed by atoms with Crippen LogP contribution in [0.5, 0.6) is 0 Å². The van der Waals surface area contributed by atoms with E-state index in [2.05, 4.69) is 20.3 Å². The number of aromatic nitrogens is 3. The van der Waals surface area contributed by atoms with E-state index in [-0.39, 0.29) is 5.92 Å². The van der Waals surface area contributed by atoms with Gasteiger partial charge in [-0.2, -0.15) is 17.0 Å². The number of hydrogen-bond donors (Lipinski definition) is 1. The first-order valence-corrected chi connectivity index (χ1v) is 10.3. The lowest BCUT2D eigenvalue weighted by Crippen LogP contribution is -2.45. The zero-order valence-electron chi connectivity index (χ0n) is 14.5. The van der Waals surface area contributed by atoms with Crippen molar-refractivity contribution in [3.63, 3.8) is 0 Å². The summed E-state index contributed by atoms with van der Waals surface area (Å²) in [5.41, 5.74) is 0.844. The molecule has 8 nitrogen and oxygen atoms in total. The van der Waals surface area contributed by atoms with Crippen molar-refractivity contribution in [2.45, 2.75) is 25.7 Å². The normalized spacial score (nSPS) is 19.3. The lowest BCUT2D eigenvalue weighted by atomic mass is 9.99. The van der Waals surface area contributed by atoms with Crippen molar-refractivity contribution in [2.24, 2.45) is 0 Å². The summed E-state index contributed by atoms with van der Waals surface area (Å²) in [5, 5.41) is 5.84. The molecular weight excluding hydrogens is 360 g/mol. The lowest BCUT2D eigenvalue weighted by Gasteiger charge is -2.32. The molecular formula is C15H22N6O2S2. The minimum Gasteiger partial charge on any atom is -0.316 e. The maximum absolute atomic E-state index is 12.4. The summed E-state index contributed by atoms with van der Waals surface area (Å²) < 4.78 is 27.6. The first kappa shape index (κ1) is 18.2. The van der Waals surface area contributed by atoms with Gasteiger partial charge in [-0.1, -0.05) is 0 Å². The molecule has 1 saturated heterocycles. The van der Waals surface area contributed by atoms with E-state index >= 15 is 0 Å². The van der Waals surface area contributed by atoms with Gasteiger partial charge in [-0.3, -0.25) is 0 Å². The molecule has 10 heteroatoms. The van der Waals surface area contributed by atoms with E-state index in [4.69, 9.17) is 0 Å². The van der Waals surface area contributed by atoms with E-state index in [1.165, 1.54) is 19.9 Å². The highest BCUT2D eigenvalue weighted by molar-refractivity contribution is 7.86. The van der Waals surface area contributed by atoms with Gasteiger partial charge in [-0.15, -0.1) is 11.3 Å². The largest absolute Gasteiger partial charge is 0.316 e. The molecule has 1 aliphatic rings. The number of nitrogens with one attached hydrogen (secondary N) is 1. The van der Waals surface area contributed by atoms with Gasteiger partial charge in [0.25, 0.3) is 10.2 Å². The molecule has 1 fully saturated rings. The van der Waals surface area contributed by atoms with Gasteiger partial charge in [0.15, 0.2) is 5.13 Å². The van der Waals surface area contributed by atoms with Gasteiger partial charge in [0, 0.05) is 56.4 Å². The maximum Gasteiger partial charge on any atom is 0.281 e. The van der Waals surface area contributed by atoms with Crippen LogP contribution in [0, 0.1) is 6.92 Å². The van der Waals surface area contributed by atoms with Crippen molar-refractivity contribution in [1.29, 1.82) is 0 Å². The van der Waals surface area contributed by atoms with Gasteiger partial charge in [0.05, 0.1) is 0 Å². The van der Waals surface area contributed by atoms with E-state index in [0.29, 0.717) is 24.7 Å². The fourth-order valence-electron chi connectivity index (χ4n) is 2.83. The number of aryl methyl sites for hydroxylation is 1. The van der Waals surface area contributed by atoms with Crippen molar-refractivity contribution in [2.75, 3.05) is 32.5 Å². The molecule has 1 aliphatic heterocycles. The number of hydrogen-bond acceptors (Lipinski definition) is 7. The van der Waals surface area contributed by atoms with Crippen LogP contribution in [-0.2, 0) is 10.2 Å². The topological polar surface area (TPSA) is 91.3 Å². The molecule has 25 heavy (non-hydrogen) atoms. The Morgan fingerprint density at radius 3 is 2.84 bits per heavy atom. The smallest absolute Gasteiger partial charge is 0.281 e. The number of anilines is 2. The maximum atomic E-state index is 12.4. The van der Waals surface area contributed by atoms with E-state index in [9.17, 15) is 8.42 Å². The monoisotopic (exact) mass is 382 g/mol. The van der Waals surface area contributed by atoms with Crippen molar-refractivity contribution < 1.29 is 8.42 Å². The zero-order valence-corrected chi connectivity index (χ0v) is 16.1. The Bertz CT molecular complexity index is 823. The number of nitrogens with zero attached hydrogens (tertiary/aromatic N) is 5. The summed E-state index contributed by atoms with van der Waals surface area (Å²) >= 11 is 1.50. The number of rotatable bonds is 5. The van der Waals surface area contributed by atoms with Gasteiger partial charge < -0.3 is 5.32 Å². The molecule has 2 aromatic heterocycles. The Morgan fingerprint density at radius 1 is 1.36 bits per heavy atom. The Hall–Kier alpha value is -1.62. The van der Waals surface area contributed by atoms with Crippen molar-refractivity contribution in [1.82, 2.24) is 23.6 Å². The Balaban J connectivity index is 1.82. The Morgan fingerprint density at radius 2 is 2.16 bits per heavy atom. The predicted octanol–water partition coefficient (Wildman–Crippen LogP) is 1.97. The molecule has 3 rings (SSSR count). The van der Waals surface area contributed by atoms with E-state index in [1.807, 2.05) is 18.4 Å². The highest BCUT2D eigenvalue weighted by atomic mass is 32.2. The van der Waals surface area contributed by atoms with Crippen molar-refractivity contribution >= 4 is 32.5 Å². The quantitative estimate of drug-likeness (QED) is 0.850. The molecule has 0 aliphatic carbocycles. The average molecular weight is 383 g/mol. The second-order valence-corrected chi connectivity index (χ2v) is 9.24. The summed E-state index contributed by atoms with van der Waals surface area (Å²) in [6.45, 7) is 2.85. The van der Waals surface area contributed by atoms with Crippen molar-refractivity contribution in [3.05, 3.63) is 29.2 Å². The zero-order chi connectivity index (χ0) is 18.0. The lowest BCUT2D eigenvalue weighted by molar-refractivity contribution is 0.293. The van der Waals surface area contributed by atoms with Crippen molar-refractivity contribution in [3.8, 4) is 0 Å². The summed E-state index contributed by atoms with van der Waals surface area (Å²) in [6.07, 6.45) is 3.40. The third kappa shape index (κ3) is 4.14. The van der Waals surface area contributed by atoms with Crippen LogP contribution in [0.3, 0.4) is 0 Å². The standard InChI is InChI=1S/C15H22N6O2S2/c1-11-9-13(19-15-16-6-8-24-15)18-14(17-11)12-5-4-7-21(10-12)25(22,23)20(2)3/h6,8-9,12H,4-5,7,10H2,1-3H3,(H,16,17,18,19). The molecule has 3 heterocycles. The highest BCUT2D eigenvalue weighted by Gasteiger charge is 2.32. The van der Waals surface area contributed by atoms with E-state index < -0.39 is 10.2 Å². The Kier molecular flexibility index (Phi) is 5.32. The van der Waals surface area contributed by atoms with Gasteiger partial charge in [0.1, 0.15) is 11.6 Å². The molecule has 0 bridgehead atoms. The molecule has 0 amide bonds. The number of piperidine rings is 1. The fourth-order valence-corrected chi connectivity index (χ4v) is 4.55. The highest BCUT2D eigenvalue weighted by Crippen LogP contribution is 2.28. The molecule has 0 radical (unpaired) electrons. The van der Waals surface area contributed by atoms with Gasteiger partial charge >= 0.3 is 0 Å². The van der Waals surface area contributed by atoms with Crippen LogP contribution in [0.4, 0.5) is 10.9 Å². The molecule has 1 unspecified atom stereocenters. The molecule has 0 saturated carbocycles. The van der Waals surface area contributed by atoms with Crippen LogP contribution in [0.1, 0.15) is 30.3 Å². The molecule has 1 atom stereocenters. The molecule has 2 aromatic rings. The van der Waals surface area contributed by atoms with Crippen LogP contribution in [0.25, 0.3) is 0 Å². The minimum atomic E-state index is -3.41. The summed E-state index contributed by atoms with van der Waals surface area (Å²) in [6, 6.07) is 1.86. The SMILES string of the molecule is Cc1cc(Nc2nccs2)nc(C2CCCN(S(=O)(=O)N(C)C)C2)n1. The van der Waals surface area contributed by atoms with E-state index in [0.717, 1.165) is 23.7 Å². The first-order valence-electron chi connectivity index (χ1n) is 8.06. The second-order valence-electron chi connectivity index (χ2n) is 6.20. The molecule has 0 spiro atoms. The summed E-state index contributed by atoms with van der Waals surface area (Å²) in [7, 11) is -0.308. The fraction of sp³-hybridized carbons (Fsp3) is 0.533. The predicted molar refractivity (Wildman–Crippen MR) is 98.3 cm³/mol. The van der Waals surface area contributed by atoms with Gasteiger partial charge in [-0.25, -0.2) is 15.0 Å². The van der Waals surface area contributed by atoms with Gasteiger partial charge in [-0.05, 0) is 19.8 Å². The summed E-state index contributed by atoms with van der Waals surface area (Å²) in [4.78, 5) is 13.3. The van der Waals surface area contributed by atoms with E-state index in [1.54, 1.807) is 20.3 Å². The third-order valence-electron chi connectivity index (χ3n) is 4.08. The number of thiazole rings is 1. The third-order valence-corrected chi connectivity index (χ3v) is 6.67. The first-order chi connectivity index (χ1) is 11.9. The van der Waals surface area contributed by atoms with Crippen LogP contribution in [-0.4, -0.2) is 59.2 Å². The van der Waals surface area contributed by atoms with Crippen LogP contribution in [0.15, 0.2) is 17.6 Å². The second kappa shape index (κ2) is 7.32. The Labute approximate surface area is 152 Å². The van der Waals surface area contributed by atoms with Crippen LogP contribution >= 0.6 is 11.3 Å². The minimum absolute atomic E-state index is 0.0137. The molecule has 0 aromatic carbocycles. The van der Waals surface area contributed by atoms with Gasteiger partial charge in [0.2, 0.25) is 0 Å². The van der Waals surface area contributed by atoms with Crippen LogP contribution < -0.4 is 5.32 Å². The molecule has 136 valence electrons. The average Bonchev–Trinajstić information content (AvgIpc) is 3.07. The summed E-state index contributed by atoms with van der Waals surface area (Å²) in [5.74, 6) is 1.35. The molecule has 1 N–H and O–H groups in total. The van der Waals surface area contributed by atoms with Crippen LogP contribution in [0.2, 0.25) is 0 Å².